The molecule has 1 aromatic rings. The topological polar surface area (TPSA) is 52.9 Å². The van der Waals surface area contributed by atoms with Crippen LogP contribution in [0.5, 0.6) is 0 Å². The van der Waals surface area contributed by atoms with Gasteiger partial charge in [0.1, 0.15) is 6.07 Å². The van der Waals surface area contributed by atoms with Crippen LogP contribution in [0.4, 0.5) is 5.69 Å². The molecular weight excluding hydrogens is 208 g/mol. The first-order valence-corrected chi connectivity index (χ1v) is 5.18. The number of thiol groups is 1. The molecule has 1 unspecified atom stereocenters. The van der Waals surface area contributed by atoms with Gasteiger partial charge in [-0.3, -0.25) is 4.79 Å². The van der Waals surface area contributed by atoms with E-state index >= 15 is 0 Å². The average molecular weight is 220 g/mol. The molecule has 0 aliphatic carbocycles. The van der Waals surface area contributed by atoms with Crippen LogP contribution >= 0.6 is 12.6 Å². The van der Waals surface area contributed by atoms with Gasteiger partial charge in [-0.2, -0.15) is 17.9 Å². The molecule has 1 N–H and O–H groups in total. The van der Waals surface area contributed by atoms with Gasteiger partial charge in [-0.05, 0) is 18.6 Å². The summed E-state index contributed by atoms with van der Waals surface area (Å²) in [5, 5.41) is 11.1. The number of rotatable bonds is 3. The molecule has 1 atom stereocenters. The molecule has 1 amide bonds. The van der Waals surface area contributed by atoms with E-state index in [1.807, 2.05) is 13.0 Å². The molecule has 78 valence electrons. The Morgan fingerprint density at radius 3 is 2.87 bits per heavy atom. The lowest BCUT2D eigenvalue weighted by molar-refractivity contribution is -0.115. The first-order valence-electron chi connectivity index (χ1n) is 4.67. The van der Waals surface area contributed by atoms with Gasteiger partial charge in [0, 0.05) is 0 Å². The zero-order valence-electron chi connectivity index (χ0n) is 8.40. The first kappa shape index (κ1) is 11.6. The summed E-state index contributed by atoms with van der Waals surface area (Å²) in [7, 11) is 0. The largest absolute Gasteiger partial charge is 0.324 e. The van der Waals surface area contributed by atoms with Gasteiger partial charge in [-0.15, -0.1) is 0 Å². The summed E-state index contributed by atoms with van der Waals surface area (Å²) in [5.41, 5.74) is 1.000. The molecule has 0 fully saturated rings. The summed E-state index contributed by atoms with van der Waals surface area (Å²) in [6.07, 6.45) is 0.656. The van der Waals surface area contributed by atoms with E-state index in [0.29, 0.717) is 17.7 Å². The number of para-hydroxylation sites is 1. The van der Waals surface area contributed by atoms with Crippen LogP contribution in [0.25, 0.3) is 0 Å². The van der Waals surface area contributed by atoms with E-state index in [4.69, 9.17) is 5.26 Å². The second kappa shape index (κ2) is 5.42. The zero-order chi connectivity index (χ0) is 11.3. The molecule has 0 saturated carbocycles. The molecule has 0 aliphatic rings. The van der Waals surface area contributed by atoms with Crippen molar-refractivity contribution in [3.05, 3.63) is 29.8 Å². The second-order valence-electron chi connectivity index (χ2n) is 3.07. The van der Waals surface area contributed by atoms with Crippen LogP contribution in [0.2, 0.25) is 0 Å². The predicted molar refractivity (Wildman–Crippen MR) is 62.9 cm³/mol. The van der Waals surface area contributed by atoms with E-state index in [1.54, 1.807) is 24.3 Å². The lowest BCUT2D eigenvalue weighted by atomic mass is 10.2. The van der Waals surface area contributed by atoms with Crippen molar-refractivity contribution in [3.63, 3.8) is 0 Å². The fourth-order valence-electron chi connectivity index (χ4n) is 1.09. The Labute approximate surface area is 94.5 Å². The summed E-state index contributed by atoms with van der Waals surface area (Å²) in [6, 6.07) is 8.91. The summed E-state index contributed by atoms with van der Waals surface area (Å²) in [5.74, 6) is -0.177. The lowest BCUT2D eigenvalue weighted by Crippen LogP contribution is -2.22. The Balaban J connectivity index is 2.81. The Morgan fingerprint density at radius 2 is 2.27 bits per heavy atom. The van der Waals surface area contributed by atoms with Crippen molar-refractivity contribution in [3.8, 4) is 6.07 Å². The van der Waals surface area contributed by atoms with Gasteiger partial charge < -0.3 is 5.32 Å². The molecule has 4 heteroatoms. The third-order valence-corrected chi connectivity index (χ3v) is 2.59. The standard InChI is InChI=1S/C11H12N2OS/c1-2-10(15)11(14)13-9-6-4-3-5-8(9)7-12/h3-6,10,15H,2H2,1H3,(H,13,14). The maximum atomic E-state index is 11.5. The normalized spacial score (nSPS) is 11.5. The van der Waals surface area contributed by atoms with Crippen LogP contribution < -0.4 is 5.32 Å². The smallest absolute Gasteiger partial charge is 0.237 e. The van der Waals surface area contributed by atoms with Crippen molar-refractivity contribution in [2.24, 2.45) is 0 Å². The minimum Gasteiger partial charge on any atom is -0.324 e. The van der Waals surface area contributed by atoms with Crippen molar-refractivity contribution in [1.29, 1.82) is 5.26 Å². The van der Waals surface area contributed by atoms with Gasteiger partial charge in [0.25, 0.3) is 0 Å². The highest BCUT2D eigenvalue weighted by molar-refractivity contribution is 7.81. The minimum atomic E-state index is -0.336. The number of nitriles is 1. The highest BCUT2D eigenvalue weighted by Crippen LogP contribution is 2.15. The van der Waals surface area contributed by atoms with Crippen molar-refractivity contribution in [2.75, 3.05) is 5.32 Å². The molecule has 0 aromatic heterocycles. The van der Waals surface area contributed by atoms with Crippen LogP contribution in [0.15, 0.2) is 24.3 Å². The number of hydrogen-bond donors (Lipinski definition) is 2. The third kappa shape index (κ3) is 3.00. The average Bonchev–Trinajstić information content (AvgIpc) is 2.28. The van der Waals surface area contributed by atoms with E-state index < -0.39 is 0 Å². The molecule has 3 nitrogen and oxygen atoms in total. The Bertz CT molecular complexity index is 398. The fraction of sp³-hybridized carbons (Fsp3) is 0.273. The number of amides is 1. The number of carbonyl (C=O) groups excluding carboxylic acids is 1. The molecule has 0 radical (unpaired) electrons. The Kier molecular flexibility index (Phi) is 4.19. The third-order valence-electron chi connectivity index (χ3n) is 1.99. The first-order chi connectivity index (χ1) is 7.19. The molecule has 0 heterocycles. The van der Waals surface area contributed by atoms with E-state index in [0.717, 1.165) is 0 Å². The van der Waals surface area contributed by atoms with Crippen LogP contribution in [0, 0.1) is 11.3 Å². The van der Waals surface area contributed by atoms with Crippen molar-refractivity contribution < 1.29 is 4.79 Å². The fourth-order valence-corrected chi connectivity index (χ4v) is 1.16. The molecule has 0 bridgehead atoms. The van der Waals surface area contributed by atoms with Gasteiger partial charge in [0.05, 0.1) is 16.5 Å². The number of carbonyl (C=O) groups is 1. The van der Waals surface area contributed by atoms with Gasteiger partial charge >= 0.3 is 0 Å². The maximum absolute atomic E-state index is 11.5. The molecule has 0 aliphatic heterocycles. The molecule has 0 spiro atoms. The quantitative estimate of drug-likeness (QED) is 0.767. The van der Waals surface area contributed by atoms with Crippen LogP contribution in [0.3, 0.4) is 0 Å². The number of anilines is 1. The number of nitrogens with one attached hydrogen (secondary N) is 1. The van der Waals surface area contributed by atoms with Gasteiger partial charge in [-0.25, -0.2) is 0 Å². The number of hydrogen-bond acceptors (Lipinski definition) is 3. The van der Waals surface area contributed by atoms with E-state index in [2.05, 4.69) is 17.9 Å². The van der Waals surface area contributed by atoms with Crippen LogP contribution in [-0.2, 0) is 4.79 Å². The lowest BCUT2D eigenvalue weighted by Gasteiger charge is -2.10. The van der Waals surface area contributed by atoms with Crippen LogP contribution in [-0.4, -0.2) is 11.2 Å². The van der Waals surface area contributed by atoms with E-state index in [-0.39, 0.29) is 11.2 Å². The zero-order valence-corrected chi connectivity index (χ0v) is 9.29. The maximum Gasteiger partial charge on any atom is 0.237 e. The van der Waals surface area contributed by atoms with Crippen LogP contribution in [0.1, 0.15) is 18.9 Å². The van der Waals surface area contributed by atoms with Gasteiger partial charge in [0.15, 0.2) is 0 Å². The molecular formula is C11H12N2OS. The summed E-state index contributed by atoms with van der Waals surface area (Å²) in [6.45, 7) is 1.88. The molecule has 1 aromatic carbocycles. The number of benzene rings is 1. The van der Waals surface area contributed by atoms with E-state index in [9.17, 15) is 4.79 Å². The molecule has 0 saturated heterocycles. The predicted octanol–water partition coefficient (Wildman–Crippen LogP) is 2.21. The number of nitrogens with zero attached hydrogens (tertiary/aromatic N) is 1. The molecule has 1 rings (SSSR count). The van der Waals surface area contributed by atoms with Crippen molar-refractivity contribution in [2.45, 2.75) is 18.6 Å². The van der Waals surface area contributed by atoms with Gasteiger partial charge in [-0.1, -0.05) is 19.1 Å². The molecule has 15 heavy (non-hydrogen) atoms. The highest BCUT2D eigenvalue weighted by atomic mass is 32.1. The van der Waals surface area contributed by atoms with E-state index in [1.165, 1.54) is 0 Å². The monoisotopic (exact) mass is 220 g/mol. The Hall–Kier alpha value is -1.47. The second-order valence-corrected chi connectivity index (χ2v) is 3.69. The minimum absolute atomic E-state index is 0.177. The van der Waals surface area contributed by atoms with Crippen molar-refractivity contribution in [1.82, 2.24) is 0 Å². The van der Waals surface area contributed by atoms with Gasteiger partial charge in [0.2, 0.25) is 5.91 Å². The highest BCUT2D eigenvalue weighted by Gasteiger charge is 2.12. The summed E-state index contributed by atoms with van der Waals surface area (Å²) in [4.78, 5) is 11.5. The van der Waals surface area contributed by atoms with Crippen molar-refractivity contribution >= 4 is 24.2 Å². The summed E-state index contributed by atoms with van der Waals surface area (Å²) < 4.78 is 0. The summed E-state index contributed by atoms with van der Waals surface area (Å²) >= 11 is 4.12. The SMILES string of the molecule is CCC(S)C(=O)Nc1ccccc1C#N. The Morgan fingerprint density at radius 1 is 1.60 bits per heavy atom.